The van der Waals surface area contributed by atoms with Gasteiger partial charge in [0.15, 0.2) is 0 Å². The highest BCUT2D eigenvalue weighted by molar-refractivity contribution is 6.31. The Morgan fingerprint density at radius 3 is 2.67 bits per heavy atom. The monoisotopic (exact) mass is 427 g/mol. The molecule has 30 heavy (non-hydrogen) atoms. The van der Waals surface area contributed by atoms with Crippen molar-refractivity contribution in [3.05, 3.63) is 53.9 Å². The fourth-order valence-corrected chi connectivity index (χ4v) is 3.60. The fourth-order valence-electron chi connectivity index (χ4n) is 3.37. The van der Waals surface area contributed by atoms with Gasteiger partial charge in [0.1, 0.15) is 11.4 Å². The van der Waals surface area contributed by atoms with Crippen LogP contribution in [-0.2, 0) is 4.74 Å². The number of aromatic hydroxyl groups is 1. The van der Waals surface area contributed by atoms with Crippen molar-refractivity contribution in [2.45, 2.75) is 0 Å². The first-order chi connectivity index (χ1) is 14.6. The van der Waals surface area contributed by atoms with E-state index in [1.807, 2.05) is 12.1 Å². The summed E-state index contributed by atoms with van der Waals surface area (Å²) in [5.74, 6) is 0.0303. The van der Waals surface area contributed by atoms with Crippen LogP contribution >= 0.6 is 11.6 Å². The minimum atomic E-state index is -0.323. The van der Waals surface area contributed by atoms with Crippen LogP contribution in [0.3, 0.4) is 0 Å². The number of hydrogen-bond donors (Lipinski definition) is 2. The van der Waals surface area contributed by atoms with E-state index in [1.54, 1.807) is 30.7 Å². The predicted molar refractivity (Wildman–Crippen MR) is 114 cm³/mol. The van der Waals surface area contributed by atoms with Crippen LogP contribution in [0.5, 0.6) is 5.75 Å². The summed E-state index contributed by atoms with van der Waals surface area (Å²) < 4.78 is 6.62. The first-order valence-corrected chi connectivity index (χ1v) is 10.1. The number of phenols is 1. The third-order valence-corrected chi connectivity index (χ3v) is 5.10. The fraction of sp³-hybridized carbons (Fsp3) is 0.286. The third-order valence-electron chi connectivity index (χ3n) is 4.88. The Bertz CT molecular complexity index is 998. The Morgan fingerprint density at radius 1 is 1.17 bits per heavy atom. The molecule has 2 aromatic heterocycles. The molecule has 3 heterocycles. The molecular formula is C21H22ClN5O3. The van der Waals surface area contributed by atoms with Gasteiger partial charge in [-0.2, -0.15) is 9.78 Å². The summed E-state index contributed by atoms with van der Waals surface area (Å²) in [6, 6.07) is 8.08. The maximum atomic E-state index is 12.7. The highest BCUT2D eigenvalue weighted by atomic mass is 35.5. The largest absolute Gasteiger partial charge is 0.508 e. The lowest BCUT2D eigenvalue weighted by Crippen LogP contribution is -2.42. The number of nitrogens with zero attached hydrogens (tertiary/aromatic N) is 4. The molecule has 0 aliphatic carbocycles. The maximum absolute atomic E-state index is 12.7. The van der Waals surface area contributed by atoms with Crippen molar-refractivity contribution in [2.24, 2.45) is 0 Å². The van der Waals surface area contributed by atoms with Crippen LogP contribution in [0.1, 0.15) is 0 Å². The van der Waals surface area contributed by atoms with Gasteiger partial charge in [-0.1, -0.05) is 11.6 Å². The van der Waals surface area contributed by atoms with E-state index in [2.05, 4.69) is 20.3 Å². The van der Waals surface area contributed by atoms with Gasteiger partial charge in [-0.05, 0) is 35.9 Å². The highest BCUT2D eigenvalue weighted by Crippen LogP contribution is 2.34. The molecule has 2 N–H and O–H groups in total. The second-order valence-electron chi connectivity index (χ2n) is 6.96. The number of phenolic OH excluding ortho intramolecular Hbond substituents is 1. The molecule has 0 spiro atoms. The number of amides is 1. The quantitative estimate of drug-likeness (QED) is 0.650. The van der Waals surface area contributed by atoms with E-state index in [0.29, 0.717) is 22.8 Å². The normalized spacial score (nSPS) is 14.6. The Labute approximate surface area is 179 Å². The maximum Gasteiger partial charge on any atom is 0.342 e. The topological polar surface area (TPSA) is 92.5 Å². The molecule has 0 saturated carbocycles. The van der Waals surface area contributed by atoms with Crippen molar-refractivity contribution in [1.29, 1.82) is 0 Å². The Balaban J connectivity index is 1.57. The van der Waals surface area contributed by atoms with Crippen molar-refractivity contribution >= 4 is 17.6 Å². The zero-order chi connectivity index (χ0) is 20.9. The van der Waals surface area contributed by atoms with Crippen LogP contribution in [0.15, 0.2) is 48.9 Å². The summed E-state index contributed by atoms with van der Waals surface area (Å²) in [5.41, 5.74) is 2.75. The SMILES string of the molecule is O=C(NCCN1CCOCC1)n1cc(-c2ccncc2)c(-c2cc(O)cc(Cl)c2)n1. The Hall–Kier alpha value is -2.94. The van der Waals surface area contributed by atoms with Gasteiger partial charge >= 0.3 is 6.03 Å². The summed E-state index contributed by atoms with van der Waals surface area (Å²) in [4.78, 5) is 19.0. The molecule has 3 aromatic rings. The number of rotatable bonds is 5. The summed E-state index contributed by atoms with van der Waals surface area (Å²) >= 11 is 6.11. The number of aromatic nitrogens is 3. The molecule has 1 aliphatic heterocycles. The van der Waals surface area contributed by atoms with E-state index < -0.39 is 0 Å². The summed E-state index contributed by atoms with van der Waals surface area (Å²) in [7, 11) is 0. The first kappa shape index (κ1) is 20.3. The van der Waals surface area contributed by atoms with Crippen LogP contribution in [0.4, 0.5) is 4.79 Å². The lowest BCUT2D eigenvalue weighted by molar-refractivity contribution is 0.0387. The summed E-state index contributed by atoms with van der Waals surface area (Å²) in [5, 5.41) is 17.7. The van der Waals surface area contributed by atoms with Crippen LogP contribution < -0.4 is 5.32 Å². The first-order valence-electron chi connectivity index (χ1n) is 9.68. The van der Waals surface area contributed by atoms with Crippen LogP contribution in [-0.4, -0.2) is 70.2 Å². The highest BCUT2D eigenvalue weighted by Gasteiger charge is 2.18. The summed E-state index contributed by atoms with van der Waals surface area (Å²) in [6.45, 7) is 4.44. The number of carbonyl (C=O) groups excluding carboxylic acids is 1. The van der Waals surface area contributed by atoms with Gasteiger partial charge in [-0.15, -0.1) is 0 Å². The molecule has 0 atom stereocenters. The molecule has 0 bridgehead atoms. The molecule has 156 valence electrons. The molecule has 1 fully saturated rings. The molecule has 1 amide bonds. The van der Waals surface area contributed by atoms with E-state index >= 15 is 0 Å². The minimum Gasteiger partial charge on any atom is -0.508 e. The molecule has 0 unspecified atom stereocenters. The molecule has 1 saturated heterocycles. The zero-order valence-corrected chi connectivity index (χ0v) is 17.0. The smallest absolute Gasteiger partial charge is 0.342 e. The van der Waals surface area contributed by atoms with Gasteiger partial charge in [-0.3, -0.25) is 9.88 Å². The van der Waals surface area contributed by atoms with Gasteiger partial charge < -0.3 is 15.2 Å². The van der Waals surface area contributed by atoms with E-state index in [-0.39, 0.29) is 11.8 Å². The molecule has 8 nitrogen and oxygen atoms in total. The number of hydrogen-bond acceptors (Lipinski definition) is 6. The molecular weight excluding hydrogens is 406 g/mol. The van der Waals surface area contributed by atoms with Crippen molar-refractivity contribution in [1.82, 2.24) is 25.0 Å². The third kappa shape index (κ3) is 4.79. The van der Waals surface area contributed by atoms with Gasteiger partial charge in [0.25, 0.3) is 0 Å². The number of benzene rings is 1. The van der Waals surface area contributed by atoms with E-state index in [0.717, 1.165) is 44.0 Å². The standard InChI is InChI=1S/C21H22ClN5O3/c22-17-11-16(12-18(28)13-17)20-19(15-1-3-23-4-2-15)14-27(25-20)21(29)24-5-6-26-7-9-30-10-8-26/h1-4,11-14,28H,5-10H2,(H,24,29). The second-order valence-corrected chi connectivity index (χ2v) is 7.39. The Morgan fingerprint density at radius 2 is 1.93 bits per heavy atom. The van der Waals surface area contributed by atoms with E-state index in [9.17, 15) is 9.90 Å². The van der Waals surface area contributed by atoms with Crippen molar-refractivity contribution in [3.63, 3.8) is 0 Å². The lowest BCUT2D eigenvalue weighted by atomic mass is 10.0. The lowest BCUT2D eigenvalue weighted by Gasteiger charge is -2.26. The average molecular weight is 428 g/mol. The van der Waals surface area contributed by atoms with Crippen LogP contribution in [0.25, 0.3) is 22.4 Å². The number of nitrogens with one attached hydrogen (secondary N) is 1. The molecule has 1 aliphatic rings. The molecule has 4 rings (SSSR count). The molecule has 0 radical (unpaired) electrons. The minimum absolute atomic E-state index is 0.0303. The van der Waals surface area contributed by atoms with Gasteiger partial charge in [0.05, 0.1) is 13.2 Å². The number of carbonyl (C=O) groups is 1. The van der Waals surface area contributed by atoms with Crippen molar-refractivity contribution < 1.29 is 14.6 Å². The zero-order valence-electron chi connectivity index (χ0n) is 16.3. The van der Waals surface area contributed by atoms with Crippen LogP contribution in [0, 0.1) is 0 Å². The number of morpholine rings is 1. The van der Waals surface area contributed by atoms with Gasteiger partial charge in [0, 0.05) is 60.9 Å². The second kappa shape index (κ2) is 9.25. The summed E-state index contributed by atoms with van der Waals surface area (Å²) in [6.07, 6.45) is 5.02. The van der Waals surface area contributed by atoms with Gasteiger partial charge in [0.2, 0.25) is 0 Å². The predicted octanol–water partition coefficient (Wildman–Crippen LogP) is 2.86. The van der Waals surface area contributed by atoms with E-state index in [1.165, 1.54) is 10.7 Å². The number of halogens is 1. The number of pyridine rings is 1. The molecule has 1 aromatic carbocycles. The average Bonchev–Trinajstić information content (AvgIpc) is 3.20. The van der Waals surface area contributed by atoms with Crippen molar-refractivity contribution in [2.75, 3.05) is 39.4 Å². The van der Waals surface area contributed by atoms with Crippen molar-refractivity contribution in [3.8, 4) is 28.1 Å². The van der Waals surface area contributed by atoms with Crippen LogP contribution in [0.2, 0.25) is 5.02 Å². The molecule has 9 heteroatoms. The van der Waals surface area contributed by atoms with E-state index in [4.69, 9.17) is 16.3 Å². The van der Waals surface area contributed by atoms with Gasteiger partial charge in [-0.25, -0.2) is 4.79 Å². The number of ether oxygens (including phenoxy) is 1. The Kier molecular flexibility index (Phi) is 6.27.